The van der Waals surface area contributed by atoms with E-state index in [-0.39, 0.29) is 10.8 Å². The molecule has 0 aliphatic heterocycles. The van der Waals surface area contributed by atoms with Gasteiger partial charge in [0.25, 0.3) is 10.0 Å². The van der Waals surface area contributed by atoms with E-state index < -0.39 is 15.9 Å². The number of hydrogen-bond donors (Lipinski definition) is 1. The minimum Gasteiger partial charge on any atom is -0.274 e. The first kappa shape index (κ1) is 16.7. The summed E-state index contributed by atoms with van der Waals surface area (Å²) in [7, 11) is -3.75. The van der Waals surface area contributed by atoms with E-state index in [1.165, 1.54) is 0 Å². The fraction of sp³-hybridized carbons (Fsp3) is 0.533. The Kier molecular flexibility index (Phi) is 5.74. The molecular formula is C15H23NO3S. The van der Waals surface area contributed by atoms with Crippen molar-refractivity contribution < 1.29 is 13.2 Å². The summed E-state index contributed by atoms with van der Waals surface area (Å²) in [6.45, 7) is 7.61. The number of carbonyl (C=O) groups is 1. The van der Waals surface area contributed by atoms with Crippen LogP contribution >= 0.6 is 0 Å². The van der Waals surface area contributed by atoms with Gasteiger partial charge in [-0.25, -0.2) is 13.1 Å². The topological polar surface area (TPSA) is 63.2 Å². The lowest BCUT2D eigenvalue weighted by Gasteiger charge is -2.10. The van der Waals surface area contributed by atoms with Crippen LogP contribution in [0.25, 0.3) is 0 Å². The molecule has 4 nitrogen and oxygen atoms in total. The van der Waals surface area contributed by atoms with E-state index in [9.17, 15) is 13.2 Å². The predicted molar refractivity (Wildman–Crippen MR) is 79.8 cm³/mol. The Hall–Kier alpha value is -1.36. The molecular weight excluding hydrogens is 274 g/mol. The van der Waals surface area contributed by atoms with E-state index in [1.54, 1.807) is 38.1 Å². The zero-order valence-corrected chi connectivity index (χ0v) is 13.3. The summed E-state index contributed by atoms with van der Waals surface area (Å²) in [5.74, 6) is -0.243. The lowest BCUT2D eigenvalue weighted by molar-refractivity contribution is -0.122. The highest BCUT2D eigenvalue weighted by molar-refractivity contribution is 7.90. The Bertz CT molecular complexity index is 545. The molecule has 0 heterocycles. The number of carbonyl (C=O) groups excluding carboxylic acids is 1. The van der Waals surface area contributed by atoms with E-state index in [0.29, 0.717) is 5.92 Å². The summed E-state index contributed by atoms with van der Waals surface area (Å²) in [4.78, 5) is 11.6. The van der Waals surface area contributed by atoms with E-state index in [2.05, 4.69) is 18.6 Å². The Morgan fingerprint density at radius 2 is 1.65 bits per heavy atom. The zero-order chi connectivity index (χ0) is 15.3. The maximum Gasteiger partial charge on any atom is 0.264 e. The van der Waals surface area contributed by atoms with Crippen molar-refractivity contribution in [2.45, 2.75) is 45.4 Å². The molecule has 0 spiro atoms. The fourth-order valence-electron chi connectivity index (χ4n) is 1.60. The fourth-order valence-corrected chi connectivity index (χ4v) is 2.71. The van der Waals surface area contributed by atoms with E-state index in [0.717, 1.165) is 18.4 Å². The summed E-state index contributed by atoms with van der Waals surface area (Å²) < 4.78 is 26.1. The van der Waals surface area contributed by atoms with Crippen LogP contribution in [0.5, 0.6) is 0 Å². The first-order chi connectivity index (χ1) is 9.22. The highest BCUT2D eigenvalue weighted by Crippen LogP contribution is 2.14. The van der Waals surface area contributed by atoms with E-state index in [1.807, 2.05) is 0 Å². The minimum atomic E-state index is -3.75. The molecule has 112 valence electrons. The average Bonchev–Trinajstić information content (AvgIpc) is 2.36. The molecule has 0 aliphatic carbocycles. The summed E-state index contributed by atoms with van der Waals surface area (Å²) in [5.41, 5.74) is 1.10. The van der Waals surface area contributed by atoms with Crippen LogP contribution in [0, 0.1) is 11.8 Å². The van der Waals surface area contributed by atoms with Crippen LogP contribution in [-0.4, -0.2) is 14.3 Å². The lowest BCUT2D eigenvalue weighted by Crippen LogP contribution is -2.33. The van der Waals surface area contributed by atoms with Gasteiger partial charge in [-0.2, -0.15) is 0 Å². The van der Waals surface area contributed by atoms with Crippen molar-refractivity contribution in [1.82, 2.24) is 4.72 Å². The van der Waals surface area contributed by atoms with Crippen LogP contribution in [0.1, 0.15) is 39.7 Å². The molecule has 1 rings (SSSR count). The second kappa shape index (κ2) is 6.88. The van der Waals surface area contributed by atoms with Crippen molar-refractivity contribution in [2.24, 2.45) is 11.8 Å². The van der Waals surface area contributed by atoms with Crippen molar-refractivity contribution in [3.8, 4) is 0 Å². The van der Waals surface area contributed by atoms with Gasteiger partial charge >= 0.3 is 0 Å². The molecule has 0 bridgehead atoms. The van der Waals surface area contributed by atoms with Crippen LogP contribution < -0.4 is 4.72 Å². The second-order valence-electron chi connectivity index (χ2n) is 5.70. The molecule has 1 aromatic carbocycles. The Balaban J connectivity index is 2.79. The van der Waals surface area contributed by atoms with Gasteiger partial charge in [-0.3, -0.25) is 4.79 Å². The summed E-state index contributed by atoms with van der Waals surface area (Å²) in [5, 5.41) is 0. The van der Waals surface area contributed by atoms with Crippen LogP contribution in [0.4, 0.5) is 0 Å². The molecule has 0 fully saturated rings. The van der Waals surface area contributed by atoms with Gasteiger partial charge in [0, 0.05) is 5.92 Å². The molecule has 1 aromatic rings. The van der Waals surface area contributed by atoms with Gasteiger partial charge in [-0.1, -0.05) is 39.8 Å². The highest BCUT2D eigenvalue weighted by atomic mass is 32.2. The first-order valence-corrected chi connectivity index (χ1v) is 8.36. The number of hydrogen-bond acceptors (Lipinski definition) is 3. The molecule has 1 N–H and O–H groups in total. The quantitative estimate of drug-likeness (QED) is 0.878. The Morgan fingerprint density at radius 1 is 1.10 bits per heavy atom. The Morgan fingerprint density at radius 3 is 2.10 bits per heavy atom. The second-order valence-corrected chi connectivity index (χ2v) is 7.38. The third-order valence-electron chi connectivity index (χ3n) is 3.00. The van der Waals surface area contributed by atoms with Gasteiger partial charge in [-0.15, -0.1) is 0 Å². The van der Waals surface area contributed by atoms with Gasteiger partial charge in [0.2, 0.25) is 5.91 Å². The Labute approximate surface area is 121 Å². The zero-order valence-electron chi connectivity index (χ0n) is 12.5. The summed E-state index contributed by atoms with van der Waals surface area (Å²) in [6.07, 6.45) is 1.99. The number of amides is 1. The standard InChI is InChI=1S/C15H23NO3S/c1-11(2)5-6-13-7-9-14(10-8-13)20(18,19)16-15(17)12(3)4/h7-12H,5-6H2,1-4H3,(H,16,17). The van der Waals surface area contributed by atoms with Gasteiger partial charge < -0.3 is 0 Å². The van der Waals surface area contributed by atoms with Crippen LogP contribution in [0.15, 0.2) is 29.2 Å². The van der Waals surface area contributed by atoms with Gasteiger partial charge in [-0.05, 0) is 36.5 Å². The molecule has 0 unspecified atom stereocenters. The third kappa shape index (κ3) is 4.96. The van der Waals surface area contributed by atoms with Crippen molar-refractivity contribution in [1.29, 1.82) is 0 Å². The third-order valence-corrected chi connectivity index (χ3v) is 4.37. The molecule has 20 heavy (non-hydrogen) atoms. The molecule has 0 aliphatic rings. The minimum absolute atomic E-state index is 0.125. The monoisotopic (exact) mass is 297 g/mol. The van der Waals surface area contributed by atoms with Crippen molar-refractivity contribution in [3.05, 3.63) is 29.8 Å². The van der Waals surface area contributed by atoms with Crippen molar-refractivity contribution >= 4 is 15.9 Å². The van der Waals surface area contributed by atoms with Gasteiger partial charge in [0.1, 0.15) is 0 Å². The van der Waals surface area contributed by atoms with Crippen LogP contribution in [-0.2, 0) is 21.2 Å². The molecule has 0 atom stereocenters. The van der Waals surface area contributed by atoms with Crippen LogP contribution in [0.2, 0.25) is 0 Å². The van der Waals surface area contributed by atoms with E-state index in [4.69, 9.17) is 0 Å². The maximum absolute atomic E-state index is 12.0. The molecule has 0 aromatic heterocycles. The number of benzene rings is 1. The SMILES string of the molecule is CC(C)CCc1ccc(S(=O)(=O)NC(=O)C(C)C)cc1. The molecule has 0 saturated heterocycles. The normalized spacial score (nSPS) is 11.9. The molecule has 0 saturated carbocycles. The smallest absolute Gasteiger partial charge is 0.264 e. The average molecular weight is 297 g/mol. The van der Waals surface area contributed by atoms with Gasteiger partial charge in [0.05, 0.1) is 4.90 Å². The molecule has 1 amide bonds. The van der Waals surface area contributed by atoms with Crippen LogP contribution in [0.3, 0.4) is 0 Å². The molecule has 5 heteroatoms. The number of sulfonamides is 1. The molecule has 0 radical (unpaired) electrons. The van der Waals surface area contributed by atoms with Crippen molar-refractivity contribution in [3.63, 3.8) is 0 Å². The largest absolute Gasteiger partial charge is 0.274 e. The van der Waals surface area contributed by atoms with Crippen molar-refractivity contribution in [2.75, 3.05) is 0 Å². The van der Waals surface area contributed by atoms with Gasteiger partial charge in [0.15, 0.2) is 0 Å². The summed E-state index contributed by atoms with van der Waals surface area (Å²) >= 11 is 0. The number of aryl methyl sites for hydroxylation is 1. The lowest BCUT2D eigenvalue weighted by atomic mass is 10.0. The predicted octanol–water partition coefficient (Wildman–Crippen LogP) is 2.74. The number of nitrogens with one attached hydrogen (secondary N) is 1. The number of rotatable bonds is 6. The van der Waals surface area contributed by atoms with E-state index >= 15 is 0 Å². The summed E-state index contributed by atoms with van der Waals surface area (Å²) in [6, 6.07) is 6.70. The maximum atomic E-state index is 12.0. The first-order valence-electron chi connectivity index (χ1n) is 6.88. The highest BCUT2D eigenvalue weighted by Gasteiger charge is 2.19.